The van der Waals surface area contributed by atoms with Gasteiger partial charge in [-0.05, 0) is 62.1 Å². The zero-order chi connectivity index (χ0) is 23.9. The maximum absolute atomic E-state index is 12.0. The Morgan fingerprint density at radius 1 is 1.03 bits per heavy atom. The predicted molar refractivity (Wildman–Crippen MR) is 124 cm³/mol. The van der Waals surface area contributed by atoms with Gasteiger partial charge in [0.05, 0.1) is 6.10 Å². The molecule has 174 valence electrons. The molecule has 2 atom stereocenters. The Morgan fingerprint density at radius 3 is 2.00 bits per heavy atom. The lowest BCUT2D eigenvalue weighted by Gasteiger charge is -2.33. The molecule has 6 nitrogen and oxygen atoms in total. The van der Waals surface area contributed by atoms with Gasteiger partial charge in [-0.15, -0.1) is 0 Å². The Labute approximate surface area is 190 Å². The number of carbonyl (C=O) groups is 1. The van der Waals surface area contributed by atoms with Crippen molar-refractivity contribution in [3.05, 3.63) is 71.8 Å². The number of aliphatic hydroxyl groups is 2. The fourth-order valence-electron chi connectivity index (χ4n) is 3.52. The van der Waals surface area contributed by atoms with E-state index < -0.39 is 23.3 Å². The first-order valence-electron chi connectivity index (χ1n) is 10.8. The lowest BCUT2D eigenvalue weighted by atomic mass is 9.88. The fourth-order valence-corrected chi connectivity index (χ4v) is 3.52. The number of hydrogen-bond donors (Lipinski definition) is 3. The Hall–Kier alpha value is -2.83. The molecule has 0 aliphatic carbocycles. The summed E-state index contributed by atoms with van der Waals surface area (Å²) in [6.07, 6.45) is 0.570. The molecule has 0 amide bonds. The first-order chi connectivity index (χ1) is 15.0. The van der Waals surface area contributed by atoms with Crippen LogP contribution in [-0.4, -0.2) is 39.6 Å². The quantitative estimate of drug-likeness (QED) is 0.351. The number of esters is 1. The summed E-state index contributed by atoms with van der Waals surface area (Å²) < 4.78 is 11.3. The number of hydrogen-bond acceptors (Lipinski definition) is 6. The third kappa shape index (κ3) is 6.34. The number of carbonyl (C=O) groups excluding carboxylic acids is 1. The van der Waals surface area contributed by atoms with Crippen molar-refractivity contribution in [1.82, 2.24) is 0 Å². The van der Waals surface area contributed by atoms with E-state index in [4.69, 9.17) is 9.47 Å². The highest BCUT2D eigenvalue weighted by Crippen LogP contribution is 2.32. The maximum Gasteiger partial charge on any atom is 0.333 e. The first kappa shape index (κ1) is 25.4. The molecule has 6 heteroatoms. The summed E-state index contributed by atoms with van der Waals surface area (Å²) in [5.41, 5.74) is -0.366. The second-order valence-corrected chi connectivity index (χ2v) is 8.37. The third-order valence-electron chi connectivity index (χ3n) is 5.84. The van der Waals surface area contributed by atoms with Gasteiger partial charge in [-0.1, -0.05) is 44.7 Å². The summed E-state index contributed by atoms with van der Waals surface area (Å²) in [6.45, 7) is 10.8. The SMILES string of the molecule is C=C(C)C(=O)OC(CC)(CC)CC(O)COc1ccc(C(C)(O)c2ccc(O)cc2)cc1. The van der Waals surface area contributed by atoms with E-state index in [0.29, 0.717) is 35.3 Å². The molecule has 0 aromatic heterocycles. The van der Waals surface area contributed by atoms with E-state index >= 15 is 0 Å². The Bertz CT molecular complexity index is 895. The molecule has 0 spiro atoms. The van der Waals surface area contributed by atoms with E-state index in [9.17, 15) is 20.1 Å². The zero-order valence-corrected chi connectivity index (χ0v) is 19.3. The van der Waals surface area contributed by atoms with Crippen LogP contribution in [0.25, 0.3) is 0 Å². The van der Waals surface area contributed by atoms with Crippen LogP contribution in [-0.2, 0) is 15.1 Å². The third-order valence-corrected chi connectivity index (χ3v) is 5.84. The van der Waals surface area contributed by atoms with Crippen molar-refractivity contribution in [3.8, 4) is 11.5 Å². The van der Waals surface area contributed by atoms with E-state index in [1.54, 1.807) is 50.2 Å². The predicted octanol–water partition coefficient (Wildman–Crippen LogP) is 4.46. The number of rotatable bonds is 11. The molecule has 2 aromatic rings. The Kier molecular flexibility index (Phi) is 8.47. The highest BCUT2D eigenvalue weighted by Gasteiger charge is 2.33. The number of phenolic OH excluding ortho intramolecular Hbond substituents is 1. The molecule has 0 radical (unpaired) electrons. The Morgan fingerprint density at radius 2 is 1.53 bits per heavy atom. The average Bonchev–Trinajstić information content (AvgIpc) is 2.77. The number of benzene rings is 2. The van der Waals surface area contributed by atoms with E-state index in [2.05, 4.69) is 6.58 Å². The molecule has 0 fully saturated rings. The highest BCUT2D eigenvalue weighted by atomic mass is 16.6. The van der Waals surface area contributed by atoms with Gasteiger partial charge in [0, 0.05) is 12.0 Å². The number of phenols is 1. The second-order valence-electron chi connectivity index (χ2n) is 8.37. The fraction of sp³-hybridized carbons (Fsp3) is 0.423. The molecular formula is C26H34O6. The van der Waals surface area contributed by atoms with Crippen LogP contribution >= 0.6 is 0 Å². The number of ether oxygens (including phenoxy) is 2. The average molecular weight is 443 g/mol. The van der Waals surface area contributed by atoms with Gasteiger partial charge in [0.25, 0.3) is 0 Å². The minimum Gasteiger partial charge on any atom is -0.508 e. The summed E-state index contributed by atoms with van der Waals surface area (Å²) in [6, 6.07) is 13.4. The molecule has 2 aromatic carbocycles. The molecule has 0 heterocycles. The van der Waals surface area contributed by atoms with Gasteiger partial charge in [-0.2, -0.15) is 0 Å². The van der Waals surface area contributed by atoms with Gasteiger partial charge in [0.1, 0.15) is 29.3 Å². The van der Waals surface area contributed by atoms with Crippen LogP contribution in [0.4, 0.5) is 0 Å². The minimum absolute atomic E-state index is 0.0417. The molecule has 0 saturated heterocycles. The van der Waals surface area contributed by atoms with Gasteiger partial charge in [0.15, 0.2) is 0 Å². The Balaban J connectivity index is 2.00. The van der Waals surface area contributed by atoms with E-state index in [0.717, 1.165) is 0 Å². The van der Waals surface area contributed by atoms with Crippen LogP contribution in [0.1, 0.15) is 58.1 Å². The monoisotopic (exact) mass is 442 g/mol. The van der Waals surface area contributed by atoms with Gasteiger partial charge in [-0.3, -0.25) is 0 Å². The summed E-state index contributed by atoms with van der Waals surface area (Å²) in [4.78, 5) is 12.0. The van der Waals surface area contributed by atoms with Crippen molar-refractivity contribution in [2.45, 2.75) is 64.3 Å². The lowest BCUT2D eigenvalue weighted by molar-refractivity contribution is -0.159. The molecule has 2 unspecified atom stereocenters. The minimum atomic E-state index is -1.24. The van der Waals surface area contributed by atoms with Crippen molar-refractivity contribution in [2.24, 2.45) is 0 Å². The van der Waals surface area contributed by atoms with Gasteiger partial charge >= 0.3 is 5.97 Å². The van der Waals surface area contributed by atoms with Crippen LogP contribution < -0.4 is 4.74 Å². The molecule has 0 aliphatic rings. The van der Waals surface area contributed by atoms with E-state index in [-0.39, 0.29) is 18.8 Å². The maximum atomic E-state index is 12.0. The van der Waals surface area contributed by atoms with Crippen molar-refractivity contribution in [1.29, 1.82) is 0 Å². The van der Waals surface area contributed by atoms with Gasteiger partial charge in [-0.25, -0.2) is 4.79 Å². The van der Waals surface area contributed by atoms with Gasteiger partial charge in [0.2, 0.25) is 0 Å². The smallest absolute Gasteiger partial charge is 0.333 e. The van der Waals surface area contributed by atoms with Crippen LogP contribution in [0.2, 0.25) is 0 Å². The normalized spacial score (nSPS) is 14.3. The lowest BCUT2D eigenvalue weighted by Crippen LogP contribution is -2.39. The van der Waals surface area contributed by atoms with E-state index in [1.807, 2.05) is 13.8 Å². The van der Waals surface area contributed by atoms with Crippen molar-refractivity contribution in [2.75, 3.05) is 6.61 Å². The second kappa shape index (κ2) is 10.7. The number of aliphatic hydroxyl groups excluding tert-OH is 1. The summed E-state index contributed by atoms with van der Waals surface area (Å²) in [5, 5.41) is 30.9. The summed E-state index contributed by atoms with van der Waals surface area (Å²) >= 11 is 0. The zero-order valence-electron chi connectivity index (χ0n) is 19.3. The van der Waals surface area contributed by atoms with Crippen molar-refractivity contribution in [3.63, 3.8) is 0 Å². The molecule has 0 saturated carbocycles. The standard InChI is InChI=1S/C26H34O6/c1-6-26(7-2,32-24(29)18(3)4)16-22(28)17-31-23-14-10-20(11-15-23)25(5,30)19-8-12-21(27)13-9-19/h8-15,22,27-28,30H,3,6-7,16-17H2,1-2,4-5H3. The first-order valence-corrected chi connectivity index (χ1v) is 10.8. The van der Waals surface area contributed by atoms with Crippen LogP contribution in [0, 0.1) is 0 Å². The van der Waals surface area contributed by atoms with Crippen LogP contribution in [0.3, 0.4) is 0 Å². The van der Waals surface area contributed by atoms with Crippen LogP contribution in [0.15, 0.2) is 60.7 Å². The van der Waals surface area contributed by atoms with Crippen molar-refractivity contribution >= 4 is 5.97 Å². The molecular weight excluding hydrogens is 408 g/mol. The molecule has 3 N–H and O–H groups in total. The van der Waals surface area contributed by atoms with Gasteiger partial charge < -0.3 is 24.8 Å². The topological polar surface area (TPSA) is 96.2 Å². The molecule has 0 bridgehead atoms. The van der Waals surface area contributed by atoms with Crippen LogP contribution in [0.5, 0.6) is 11.5 Å². The largest absolute Gasteiger partial charge is 0.508 e. The highest BCUT2D eigenvalue weighted by molar-refractivity contribution is 5.87. The van der Waals surface area contributed by atoms with E-state index in [1.165, 1.54) is 12.1 Å². The molecule has 0 aliphatic heterocycles. The summed E-state index contributed by atoms with van der Waals surface area (Å²) in [5.74, 6) is 0.223. The van der Waals surface area contributed by atoms with Crippen molar-refractivity contribution < 1.29 is 29.6 Å². The number of aromatic hydroxyl groups is 1. The summed E-state index contributed by atoms with van der Waals surface area (Å²) in [7, 11) is 0. The molecule has 32 heavy (non-hydrogen) atoms. The molecule has 2 rings (SSSR count).